The Labute approximate surface area is 196 Å². The average Bonchev–Trinajstić information content (AvgIpc) is 2.64. The molecule has 28 heavy (non-hydrogen) atoms. The van der Waals surface area contributed by atoms with Gasteiger partial charge in [-0.3, -0.25) is 0 Å². The zero-order valence-corrected chi connectivity index (χ0v) is 20.0. The fraction of sp³-hybridized carbons (Fsp3) is 0.143. The Morgan fingerprint density at radius 2 is 0.714 bits per heavy atom. The maximum absolute atomic E-state index is 6.21. The molecule has 3 aromatic rings. The van der Waals surface area contributed by atoms with Crippen LogP contribution in [0.25, 0.3) is 0 Å². The second kappa shape index (κ2) is 10.2. The van der Waals surface area contributed by atoms with Crippen LogP contribution in [0.5, 0.6) is 0 Å². The molecule has 3 aromatic carbocycles. The number of hydrogen-bond acceptors (Lipinski definition) is 0. The molecule has 0 saturated heterocycles. The van der Waals surface area contributed by atoms with Gasteiger partial charge in [-0.05, 0) is 71.6 Å². The van der Waals surface area contributed by atoms with Crippen molar-refractivity contribution in [1.29, 1.82) is 0 Å². The lowest BCUT2D eigenvalue weighted by molar-refractivity contribution is 1.26. The highest BCUT2D eigenvalue weighted by Gasteiger charge is 2.14. The van der Waals surface area contributed by atoms with Gasteiger partial charge in [-0.1, -0.05) is 95.7 Å². The van der Waals surface area contributed by atoms with E-state index in [1.165, 1.54) is 0 Å². The van der Waals surface area contributed by atoms with Crippen LogP contribution >= 0.6 is 77.5 Å². The zero-order valence-electron chi connectivity index (χ0n) is 14.5. The average molecular weight is 511 g/mol. The summed E-state index contributed by atoms with van der Waals surface area (Å²) in [5.74, 6) is 0. The van der Waals surface area contributed by atoms with Gasteiger partial charge in [0.2, 0.25) is 0 Å². The molecule has 0 aliphatic carbocycles. The van der Waals surface area contributed by atoms with E-state index < -0.39 is 7.92 Å². The molecule has 7 heteroatoms. The van der Waals surface area contributed by atoms with E-state index in [1.807, 2.05) is 54.6 Å². The van der Waals surface area contributed by atoms with Crippen molar-refractivity contribution >= 4 is 77.5 Å². The molecule has 0 N–H and O–H groups in total. The molecule has 0 spiro atoms. The van der Waals surface area contributed by atoms with Crippen molar-refractivity contribution in [3.63, 3.8) is 0 Å². The van der Waals surface area contributed by atoms with E-state index in [0.29, 0.717) is 30.1 Å². The van der Waals surface area contributed by atoms with Gasteiger partial charge in [-0.25, -0.2) is 0 Å². The van der Waals surface area contributed by atoms with Crippen molar-refractivity contribution in [3.8, 4) is 0 Å². The molecule has 0 bridgehead atoms. The van der Waals surface area contributed by atoms with Crippen molar-refractivity contribution in [2.75, 3.05) is 0 Å². The summed E-state index contributed by atoms with van der Waals surface area (Å²) >= 11 is 36.8. The Morgan fingerprint density at radius 3 is 0.964 bits per heavy atom. The van der Waals surface area contributed by atoms with Crippen molar-refractivity contribution in [1.82, 2.24) is 0 Å². The first kappa shape index (κ1) is 22.5. The van der Waals surface area contributed by atoms with Crippen LogP contribution in [0.1, 0.15) is 16.7 Å². The maximum Gasteiger partial charge on any atom is 0.0595 e. The third-order valence-electron chi connectivity index (χ3n) is 4.17. The van der Waals surface area contributed by atoms with Gasteiger partial charge < -0.3 is 0 Å². The van der Waals surface area contributed by atoms with Gasteiger partial charge in [-0.2, -0.15) is 0 Å². The predicted molar refractivity (Wildman–Crippen MR) is 127 cm³/mol. The van der Waals surface area contributed by atoms with Crippen molar-refractivity contribution in [2.45, 2.75) is 18.5 Å². The molecule has 0 fully saturated rings. The number of benzene rings is 3. The van der Waals surface area contributed by atoms with Crippen LogP contribution in [-0.2, 0) is 18.5 Å². The molecule has 0 unspecified atom stereocenters. The van der Waals surface area contributed by atoms with Crippen LogP contribution in [0, 0.1) is 0 Å². The minimum atomic E-state index is -0.461. The molecule has 0 heterocycles. The molecule has 3 rings (SSSR count). The zero-order chi connectivity index (χ0) is 20.3. The van der Waals surface area contributed by atoms with Crippen LogP contribution in [0.4, 0.5) is 0 Å². The fourth-order valence-corrected chi connectivity index (χ4v) is 6.29. The van der Waals surface area contributed by atoms with E-state index in [9.17, 15) is 0 Å². The smallest absolute Gasteiger partial charge is 0.0595 e. The summed E-state index contributed by atoms with van der Waals surface area (Å²) in [6.45, 7) is 0. The topological polar surface area (TPSA) is 0 Å². The Balaban J connectivity index is 1.86. The van der Waals surface area contributed by atoms with E-state index in [-0.39, 0.29) is 0 Å². The molecule has 0 aliphatic heterocycles. The molecular formula is C21H15Cl6P. The quantitative estimate of drug-likeness (QED) is 0.289. The van der Waals surface area contributed by atoms with E-state index in [2.05, 4.69) is 0 Å². The molecule has 0 amide bonds. The van der Waals surface area contributed by atoms with Gasteiger partial charge in [0.05, 0.1) is 30.1 Å². The fourth-order valence-electron chi connectivity index (χ4n) is 2.86. The summed E-state index contributed by atoms with van der Waals surface area (Å²) in [5, 5.41) is 3.38. The first-order chi connectivity index (χ1) is 13.3. The van der Waals surface area contributed by atoms with Gasteiger partial charge in [0.1, 0.15) is 0 Å². The Hall–Kier alpha value is -0.170. The summed E-state index contributed by atoms with van der Waals surface area (Å²) < 4.78 is 0. The normalized spacial score (nSPS) is 11.2. The van der Waals surface area contributed by atoms with Crippen LogP contribution in [0.2, 0.25) is 30.1 Å². The molecule has 0 aliphatic rings. The lowest BCUT2D eigenvalue weighted by atomic mass is 10.2. The predicted octanol–water partition coefficient (Wildman–Crippen LogP) is 9.99. The molecule has 0 atom stereocenters. The third-order valence-corrected chi connectivity index (χ3v) is 8.82. The van der Waals surface area contributed by atoms with Gasteiger partial charge >= 0.3 is 0 Å². The SMILES string of the molecule is Clc1ccc(CP(Cc2ccc(Cl)c(Cl)c2)Cc2ccc(Cl)c(Cl)c2)cc1Cl. The third kappa shape index (κ3) is 6.16. The second-order valence-electron chi connectivity index (χ2n) is 6.39. The minimum absolute atomic E-state index is 0.461. The molecule has 0 nitrogen and oxygen atoms in total. The van der Waals surface area contributed by atoms with E-state index in [4.69, 9.17) is 69.6 Å². The van der Waals surface area contributed by atoms with Crippen molar-refractivity contribution < 1.29 is 0 Å². The van der Waals surface area contributed by atoms with Gasteiger partial charge in [0.25, 0.3) is 0 Å². The Kier molecular flexibility index (Phi) is 8.23. The summed E-state index contributed by atoms with van der Waals surface area (Å²) in [6, 6.07) is 17.4. The van der Waals surface area contributed by atoms with Crippen LogP contribution < -0.4 is 0 Å². The van der Waals surface area contributed by atoms with E-state index in [1.54, 1.807) is 0 Å². The molecule has 0 radical (unpaired) electrons. The van der Waals surface area contributed by atoms with Gasteiger partial charge in [-0.15, -0.1) is 0 Å². The lowest BCUT2D eigenvalue weighted by Crippen LogP contribution is -1.94. The highest BCUT2D eigenvalue weighted by atomic mass is 35.5. The summed E-state index contributed by atoms with van der Waals surface area (Å²) in [7, 11) is -0.461. The van der Waals surface area contributed by atoms with Gasteiger partial charge in [0, 0.05) is 0 Å². The Morgan fingerprint density at radius 1 is 0.429 bits per heavy atom. The van der Waals surface area contributed by atoms with Crippen LogP contribution in [0.15, 0.2) is 54.6 Å². The standard InChI is InChI=1S/C21H15Cl6P/c22-16-4-1-13(7-19(16)25)10-28(11-14-2-5-17(23)20(26)8-14)12-15-3-6-18(24)21(27)9-15/h1-9H,10-12H2. The number of hydrogen-bond donors (Lipinski definition) is 0. The number of halogens is 6. The number of rotatable bonds is 6. The minimum Gasteiger partial charge on any atom is -0.0932 e. The van der Waals surface area contributed by atoms with Crippen molar-refractivity contribution in [3.05, 3.63) is 101 Å². The largest absolute Gasteiger partial charge is 0.0932 e. The molecule has 146 valence electrons. The summed E-state index contributed by atoms with van der Waals surface area (Å²) in [4.78, 5) is 0. The highest BCUT2D eigenvalue weighted by Crippen LogP contribution is 2.48. The monoisotopic (exact) mass is 508 g/mol. The van der Waals surface area contributed by atoms with Crippen molar-refractivity contribution in [2.24, 2.45) is 0 Å². The maximum atomic E-state index is 6.21. The highest BCUT2D eigenvalue weighted by molar-refractivity contribution is 7.55. The molecular weight excluding hydrogens is 496 g/mol. The van der Waals surface area contributed by atoms with E-state index >= 15 is 0 Å². The Bertz CT molecular complexity index is 861. The lowest BCUT2D eigenvalue weighted by Gasteiger charge is -2.19. The summed E-state index contributed by atoms with van der Waals surface area (Å²) in [5.41, 5.74) is 3.46. The van der Waals surface area contributed by atoms with Crippen LogP contribution in [0.3, 0.4) is 0 Å². The summed E-state index contributed by atoms with van der Waals surface area (Å²) in [6.07, 6.45) is 2.69. The first-order valence-electron chi connectivity index (χ1n) is 8.36. The van der Waals surface area contributed by atoms with E-state index in [0.717, 1.165) is 35.2 Å². The van der Waals surface area contributed by atoms with Crippen LogP contribution in [-0.4, -0.2) is 0 Å². The molecule has 0 saturated carbocycles. The second-order valence-corrected chi connectivity index (χ2v) is 11.1. The van der Waals surface area contributed by atoms with Gasteiger partial charge in [0.15, 0.2) is 0 Å². The first-order valence-corrected chi connectivity index (χ1v) is 12.5. The molecule has 0 aromatic heterocycles.